The number of rotatable bonds is 0. The largest absolute Gasteiger partial charge is 0.508 e. The summed E-state index contributed by atoms with van der Waals surface area (Å²) >= 11 is 0. The van der Waals surface area contributed by atoms with Crippen molar-refractivity contribution in [1.82, 2.24) is 14.5 Å². The monoisotopic (exact) mass is 256 g/mol. The Morgan fingerprint density at radius 3 is 3.11 bits per heavy atom. The number of imidazole rings is 1. The van der Waals surface area contributed by atoms with Gasteiger partial charge in [0.2, 0.25) is 0 Å². The Morgan fingerprint density at radius 1 is 1.32 bits per heavy atom. The van der Waals surface area contributed by atoms with Crippen LogP contribution in [0.2, 0.25) is 0 Å². The van der Waals surface area contributed by atoms with E-state index in [4.69, 9.17) is 10.5 Å². The molecule has 3 aromatic rings. The average Bonchev–Trinajstić information content (AvgIpc) is 2.80. The van der Waals surface area contributed by atoms with Gasteiger partial charge in [-0.15, -0.1) is 0 Å². The highest BCUT2D eigenvalue weighted by Gasteiger charge is 2.19. The van der Waals surface area contributed by atoms with Gasteiger partial charge in [0, 0.05) is 11.9 Å². The van der Waals surface area contributed by atoms with Gasteiger partial charge in [-0.05, 0) is 18.2 Å². The van der Waals surface area contributed by atoms with Crippen molar-refractivity contribution in [2.24, 2.45) is 0 Å². The minimum Gasteiger partial charge on any atom is -0.508 e. The molecule has 0 radical (unpaired) electrons. The van der Waals surface area contributed by atoms with Gasteiger partial charge in [-0.25, -0.2) is 9.97 Å². The molecule has 3 heterocycles. The number of benzene rings is 1. The summed E-state index contributed by atoms with van der Waals surface area (Å²) in [4.78, 5) is 8.84. The van der Waals surface area contributed by atoms with Crippen molar-refractivity contribution in [3.8, 4) is 5.75 Å². The summed E-state index contributed by atoms with van der Waals surface area (Å²) in [5.74, 6) is 1.48. The van der Waals surface area contributed by atoms with Crippen LogP contribution in [0.15, 0.2) is 18.2 Å². The molecule has 0 aliphatic carbocycles. The molecule has 0 saturated carbocycles. The quantitative estimate of drug-likeness (QED) is 0.635. The molecule has 1 aliphatic rings. The van der Waals surface area contributed by atoms with Crippen LogP contribution < -0.4 is 5.73 Å². The standard InChI is InChI=1S/C13H12N4O2/c14-13-11-12(17-3-4-19-6-10(17)16-11)8-5-7(18)1-2-9(8)15-13/h1-2,5,18H,3-4,6H2,(H2,14,15). The zero-order chi connectivity index (χ0) is 13.0. The average molecular weight is 256 g/mol. The molecule has 0 unspecified atom stereocenters. The van der Waals surface area contributed by atoms with E-state index in [0.29, 0.717) is 24.5 Å². The van der Waals surface area contributed by atoms with Gasteiger partial charge in [-0.2, -0.15) is 0 Å². The predicted octanol–water partition coefficient (Wildman–Crippen LogP) is 1.40. The van der Waals surface area contributed by atoms with E-state index in [1.54, 1.807) is 18.2 Å². The first-order valence-corrected chi connectivity index (χ1v) is 6.09. The fraction of sp³-hybridized carbons (Fsp3) is 0.231. The number of aromatic hydroxyl groups is 1. The highest BCUT2D eigenvalue weighted by molar-refractivity contribution is 6.07. The summed E-state index contributed by atoms with van der Waals surface area (Å²) in [7, 11) is 0. The lowest BCUT2D eigenvalue weighted by Crippen LogP contribution is -2.16. The van der Waals surface area contributed by atoms with Crippen molar-refractivity contribution < 1.29 is 9.84 Å². The van der Waals surface area contributed by atoms with E-state index in [1.165, 1.54) is 0 Å². The van der Waals surface area contributed by atoms with Crippen LogP contribution in [0.3, 0.4) is 0 Å². The molecule has 96 valence electrons. The minimum atomic E-state index is 0.211. The summed E-state index contributed by atoms with van der Waals surface area (Å²) in [5, 5.41) is 10.6. The third kappa shape index (κ3) is 1.40. The Balaban J connectivity index is 2.23. The van der Waals surface area contributed by atoms with Crippen LogP contribution in [-0.4, -0.2) is 26.2 Å². The first-order chi connectivity index (χ1) is 9.24. The first kappa shape index (κ1) is 10.6. The van der Waals surface area contributed by atoms with Gasteiger partial charge in [-0.3, -0.25) is 0 Å². The van der Waals surface area contributed by atoms with Crippen LogP contribution in [0.1, 0.15) is 5.82 Å². The number of pyridine rings is 1. The first-order valence-electron chi connectivity index (χ1n) is 6.09. The normalized spacial score (nSPS) is 14.9. The van der Waals surface area contributed by atoms with Crippen molar-refractivity contribution in [3.63, 3.8) is 0 Å². The van der Waals surface area contributed by atoms with E-state index in [1.807, 2.05) is 0 Å². The molecule has 1 aliphatic heterocycles. The van der Waals surface area contributed by atoms with E-state index >= 15 is 0 Å². The van der Waals surface area contributed by atoms with Crippen LogP contribution in [0, 0.1) is 0 Å². The maximum Gasteiger partial charge on any atom is 0.152 e. The summed E-state index contributed by atoms with van der Waals surface area (Å²) in [6.07, 6.45) is 0. The van der Waals surface area contributed by atoms with Crippen LogP contribution >= 0.6 is 0 Å². The zero-order valence-electron chi connectivity index (χ0n) is 10.1. The third-order valence-electron chi connectivity index (χ3n) is 3.46. The number of fused-ring (bicyclic) bond motifs is 5. The maximum atomic E-state index is 9.69. The highest BCUT2D eigenvalue weighted by atomic mass is 16.5. The number of hydrogen-bond donors (Lipinski definition) is 2. The molecule has 19 heavy (non-hydrogen) atoms. The van der Waals surface area contributed by atoms with E-state index in [2.05, 4.69) is 14.5 Å². The van der Waals surface area contributed by atoms with E-state index in [9.17, 15) is 5.11 Å². The molecule has 0 atom stereocenters. The molecule has 4 rings (SSSR count). The Hall–Kier alpha value is -2.34. The summed E-state index contributed by atoms with van der Waals surface area (Å²) < 4.78 is 7.50. The summed E-state index contributed by atoms with van der Waals surface area (Å²) in [6.45, 7) is 1.87. The van der Waals surface area contributed by atoms with Crippen molar-refractivity contribution >= 4 is 27.8 Å². The number of ether oxygens (including phenoxy) is 1. The lowest BCUT2D eigenvalue weighted by Gasteiger charge is -2.15. The second-order valence-electron chi connectivity index (χ2n) is 4.63. The van der Waals surface area contributed by atoms with Gasteiger partial charge in [0.05, 0.1) is 17.6 Å². The second kappa shape index (κ2) is 3.58. The molecule has 2 aromatic heterocycles. The molecular formula is C13H12N4O2. The van der Waals surface area contributed by atoms with Crippen molar-refractivity contribution in [3.05, 3.63) is 24.0 Å². The van der Waals surface area contributed by atoms with Crippen LogP contribution in [-0.2, 0) is 17.9 Å². The van der Waals surface area contributed by atoms with Crippen molar-refractivity contribution in [1.29, 1.82) is 0 Å². The highest BCUT2D eigenvalue weighted by Crippen LogP contribution is 2.31. The lowest BCUT2D eigenvalue weighted by atomic mass is 10.1. The van der Waals surface area contributed by atoms with Crippen LogP contribution in [0.25, 0.3) is 21.9 Å². The van der Waals surface area contributed by atoms with E-state index < -0.39 is 0 Å². The number of aromatic nitrogens is 3. The molecule has 0 bridgehead atoms. The van der Waals surface area contributed by atoms with Crippen molar-refractivity contribution in [2.45, 2.75) is 13.2 Å². The molecule has 0 spiro atoms. The molecule has 3 N–H and O–H groups in total. The molecule has 0 amide bonds. The molecule has 1 aromatic carbocycles. The number of nitrogens with two attached hydrogens (primary N) is 1. The van der Waals surface area contributed by atoms with Gasteiger partial charge in [0.15, 0.2) is 5.82 Å². The van der Waals surface area contributed by atoms with Gasteiger partial charge in [-0.1, -0.05) is 0 Å². The lowest BCUT2D eigenvalue weighted by molar-refractivity contribution is 0.0831. The molecule has 0 saturated heterocycles. The molecule has 6 nitrogen and oxygen atoms in total. The fourth-order valence-electron chi connectivity index (χ4n) is 2.62. The van der Waals surface area contributed by atoms with Crippen LogP contribution in [0.5, 0.6) is 5.75 Å². The number of phenolic OH excluding ortho intramolecular Hbond substituents is 1. The van der Waals surface area contributed by atoms with Crippen molar-refractivity contribution in [2.75, 3.05) is 12.3 Å². The predicted molar refractivity (Wildman–Crippen MR) is 70.8 cm³/mol. The number of phenols is 1. The van der Waals surface area contributed by atoms with Gasteiger partial charge < -0.3 is 20.1 Å². The van der Waals surface area contributed by atoms with Gasteiger partial charge in [0.25, 0.3) is 0 Å². The molecule has 6 heteroatoms. The summed E-state index contributed by atoms with van der Waals surface area (Å²) in [6, 6.07) is 5.07. The van der Waals surface area contributed by atoms with Gasteiger partial charge in [0.1, 0.15) is 23.7 Å². The smallest absolute Gasteiger partial charge is 0.152 e. The maximum absolute atomic E-state index is 9.69. The second-order valence-corrected chi connectivity index (χ2v) is 4.63. The van der Waals surface area contributed by atoms with E-state index in [-0.39, 0.29) is 5.75 Å². The Kier molecular flexibility index (Phi) is 1.99. The fourth-order valence-corrected chi connectivity index (χ4v) is 2.62. The SMILES string of the molecule is Nc1nc2ccc(O)cc2c2c1nc1n2CCOC1. The van der Waals surface area contributed by atoms with E-state index in [0.717, 1.165) is 28.8 Å². The molecule has 0 fully saturated rings. The minimum absolute atomic E-state index is 0.211. The molecular weight excluding hydrogens is 244 g/mol. The Bertz CT molecular complexity index is 809. The zero-order valence-corrected chi connectivity index (χ0v) is 10.1. The third-order valence-corrected chi connectivity index (χ3v) is 3.46. The number of nitrogens with zero attached hydrogens (tertiary/aromatic N) is 3. The number of nitrogen functional groups attached to an aromatic ring is 1. The summed E-state index contributed by atoms with van der Waals surface area (Å²) in [5.41, 5.74) is 8.35. The number of hydrogen-bond acceptors (Lipinski definition) is 5. The Morgan fingerprint density at radius 2 is 2.21 bits per heavy atom. The van der Waals surface area contributed by atoms with Gasteiger partial charge >= 0.3 is 0 Å². The van der Waals surface area contributed by atoms with Crippen LogP contribution in [0.4, 0.5) is 5.82 Å². The number of anilines is 1. The topological polar surface area (TPSA) is 86.2 Å². The Labute approximate surface area is 108 Å².